The molecule has 1 N–H and O–H groups in total. The third-order valence-electron chi connectivity index (χ3n) is 2.22. The van der Waals surface area contributed by atoms with Gasteiger partial charge in [0, 0.05) is 10.0 Å². The first-order valence-electron chi connectivity index (χ1n) is 5.72. The molecule has 17 heavy (non-hydrogen) atoms. The van der Waals surface area contributed by atoms with Crippen LogP contribution in [0.5, 0.6) is 5.75 Å². The van der Waals surface area contributed by atoms with Gasteiger partial charge in [0.1, 0.15) is 12.4 Å². The summed E-state index contributed by atoms with van der Waals surface area (Å²) in [6.45, 7) is 6.72. The van der Waals surface area contributed by atoms with Gasteiger partial charge in [0.25, 0.3) is 0 Å². The van der Waals surface area contributed by atoms with Crippen LogP contribution in [0, 0.1) is 0 Å². The van der Waals surface area contributed by atoms with Gasteiger partial charge in [0.05, 0.1) is 18.8 Å². The summed E-state index contributed by atoms with van der Waals surface area (Å²) < 4.78 is 11.9. The Morgan fingerprint density at radius 2 is 1.94 bits per heavy atom. The van der Waals surface area contributed by atoms with E-state index in [1.807, 2.05) is 32.0 Å². The van der Waals surface area contributed by atoms with Crippen LogP contribution < -0.4 is 4.74 Å². The van der Waals surface area contributed by atoms with E-state index in [1.165, 1.54) is 0 Å². The molecule has 1 rings (SSSR count). The van der Waals surface area contributed by atoms with Crippen LogP contribution in [-0.2, 0) is 4.74 Å². The Kier molecular flexibility index (Phi) is 5.95. The van der Waals surface area contributed by atoms with Gasteiger partial charge in [0.2, 0.25) is 0 Å². The minimum Gasteiger partial charge on any atom is -0.491 e. The Bertz CT molecular complexity index is 351. The highest BCUT2D eigenvalue weighted by molar-refractivity contribution is 9.10. The van der Waals surface area contributed by atoms with Crippen LogP contribution in [-0.4, -0.2) is 24.4 Å². The number of aliphatic hydroxyl groups excluding tert-OH is 1. The van der Waals surface area contributed by atoms with Crippen molar-refractivity contribution >= 4 is 15.9 Å². The van der Waals surface area contributed by atoms with Crippen LogP contribution >= 0.6 is 15.9 Å². The lowest BCUT2D eigenvalue weighted by atomic mass is 10.1. The summed E-state index contributed by atoms with van der Waals surface area (Å²) in [5, 5.41) is 9.61. The molecule has 0 heterocycles. The predicted octanol–water partition coefficient (Wildman–Crippen LogP) is 3.31. The molecular formula is C13H19BrO3. The fourth-order valence-electron chi connectivity index (χ4n) is 1.41. The van der Waals surface area contributed by atoms with E-state index >= 15 is 0 Å². The van der Waals surface area contributed by atoms with Crippen LogP contribution in [0.2, 0.25) is 0 Å². The zero-order chi connectivity index (χ0) is 12.8. The molecule has 96 valence electrons. The molecule has 1 aromatic carbocycles. The van der Waals surface area contributed by atoms with Gasteiger partial charge >= 0.3 is 0 Å². The Hall–Kier alpha value is -0.580. The summed E-state index contributed by atoms with van der Waals surface area (Å²) in [6.07, 6.45) is -0.332. The molecule has 3 nitrogen and oxygen atoms in total. The topological polar surface area (TPSA) is 38.7 Å². The highest BCUT2D eigenvalue weighted by atomic mass is 79.9. The average molecular weight is 303 g/mol. The predicted molar refractivity (Wildman–Crippen MR) is 71.4 cm³/mol. The van der Waals surface area contributed by atoms with Crippen molar-refractivity contribution in [3.8, 4) is 5.75 Å². The second-order valence-electron chi connectivity index (χ2n) is 4.13. The van der Waals surface area contributed by atoms with E-state index in [0.717, 1.165) is 10.0 Å². The molecule has 0 saturated carbocycles. The van der Waals surface area contributed by atoms with Crippen molar-refractivity contribution in [1.29, 1.82) is 0 Å². The minimum atomic E-state index is -0.538. The number of hydrogen-bond donors (Lipinski definition) is 1. The van der Waals surface area contributed by atoms with E-state index in [9.17, 15) is 5.11 Å². The molecule has 0 amide bonds. The van der Waals surface area contributed by atoms with Crippen LogP contribution in [0.25, 0.3) is 0 Å². The molecule has 1 atom stereocenters. The quantitative estimate of drug-likeness (QED) is 0.820. The highest BCUT2D eigenvalue weighted by Gasteiger charge is 2.09. The first kappa shape index (κ1) is 14.5. The Morgan fingerprint density at radius 1 is 1.24 bits per heavy atom. The number of benzene rings is 1. The maximum Gasteiger partial charge on any atom is 0.126 e. The molecule has 0 aromatic heterocycles. The number of aliphatic hydroxyl groups is 1. The Morgan fingerprint density at radius 3 is 2.53 bits per heavy atom. The molecular weight excluding hydrogens is 284 g/mol. The molecule has 0 spiro atoms. The summed E-state index contributed by atoms with van der Waals surface area (Å²) in [4.78, 5) is 0. The van der Waals surface area contributed by atoms with Crippen molar-refractivity contribution in [2.45, 2.75) is 33.0 Å². The summed E-state index contributed by atoms with van der Waals surface area (Å²) in [6, 6.07) is 5.60. The molecule has 4 heteroatoms. The molecule has 0 saturated heterocycles. The number of ether oxygens (including phenoxy) is 2. The van der Waals surface area contributed by atoms with Crippen LogP contribution in [0.1, 0.15) is 32.4 Å². The van der Waals surface area contributed by atoms with Crippen molar-refractivity contribution in [1.82, 2.24) is 0 Å². The van der Waals surface area contributed by atoms with Gasteiger partial charge in [0.15, 0.2) is 0 Å². The molecule has 0 radical (unpaired) electrons. The lowest BCUT2D eigenvalue weighted by Crippen LogP contribution is -2.12. The van der Waals surface area contributed by atoms with E-state index in [-0.39, 0.29) is 6.10 Å². The van der Waals surface area contributed by atoms with E-state index in [2.05, 4.69) is 15.9 Å². The number of rotatable bonds is 6. The molecule has 0 aliphatic carbocycles. The lowest BCUT2D eigenvalue weighted by Gasteiger charge is -2.14. The minimum absolute atomic E-state index is 0.206. The monoisotopic (exact) mass is 302 g/mol. The highest BCUT2D eigenvalue weighted by Crippen LogP contribution is 2.28. The standard InChI is InChI=1S/C13H19BrO3/c1-9(2)16-6-7-17-13-8-11(14)4-5-12(13)10(3)15/h4-5,8-10,15H,6-7H2,1-3H3/t10-/m1/s1. The van der Waals surface area contributed by atoms with E-state index in [0.29, 0.717) is 19.0 Å². The Labute approximate surface area is 111 Å². The normalized spacial score (nSPS) is 12.8. The second-order valence-corrected chi connectivity index (χ2v) is 5.04. The van der Waals surface area contributed by atoms with Gasteiger partial charge in [-0.25, -0.2) is 0 Å². The van der Waals surface area contributed by atoms with Crippen LogP contribution in [0.15, 0.2) is 22.7 Å². The summed E-state index contributed by atoms with van der Waals surface area (Å²) in [7, 11) is 0. The fraction of sp³-hybridized carbons (Fsp3) is 0.538. The first-order valence-corrected chi connectivity index (χ1v) is 6.52. The fourth-order valence-corrected chi connectivity index (χ4v) is 1.75. The van der Waals surface area contributed by atoms with Gasteiger partial charge < -0.3 is 14.6 Å². The third kappa shape index (κ3) is 5.06. The first-order chi connectivity index (χ1) is 8.00. The van der Waals surface area contributed by atoms with Gasteiger partial charge in [-0.05, 0) is 32.9 Å². The molecule has 0 bridgehead atoms. The van der Waals surface area contributed by atoms with Crippen molar-refractivity contribution in [2.24, 2.45) is 0 Å². The van der Waals surface area contributed by atoms with Gasteiger partial charge in [-0.1, -0.05) is 22.0 Å². The van der Waals surface area contributed by atoms with Crippen molar-refractivity contribution in [3.05, 3.63) is 28.2 Å². The third-order valence-corrected chi connectivity index (χ3v) is 2.71. The van der Waals surface area contributed by atoms with Crippen molar-refractivity contribution in [3.63, 3.8) is 0 Å². The SMILES string of the molecule is CC(C)OCCOc1cc(Br)ccc1[C@@H](C)O. The Balaban J connectivity index is 2.59. The zero-order valence-electron chi connectivity index (χ0n) is 10.4. The zero-order valence-corrected chi connectivity index (χ0v) is 12.0. The van der Waals surface area contributed by atoms with E-state index in [4.69, 9.17) is 9.47 Å². The van der Waals surface area contributed by atoms with E-state index in [1.54, 1.807) is 6.92 Å². The van der Waals surface area contributed by atoms with Crippen LogP contribution in [0.3, 0.4) is 0 Å². The van der Waals surface area contributed by atoms with Crippen LogP contribution in [0.4, 0.5) is 0 Å². The molecule has 0 aliphatic heterocycles. The molecule has 0 aliphatic rings. The molecule has 0 unspecified atom stereocenters. The van der Waals surface area contributed by atoms with Crippen molar-refractivity contribution in [2.75, 3.05) is 13.2 Å². The largest absolute Gasteiger partial charge is 0.491 e. The summed E-state index contributed by atoms with van der Waals surface area (Å²) in [5.74, 6) is 0.696. The van der Waals surface area contributed by atoms with Gasteiger partial charge in [-0.3, -0.25) is 0 Å². The van der Waals surface area contributed by atoms with E-state index < -0.39 is 6.10 Å². The average Bonchev–Trinajstić information content (AvgIpc) is 2.23. The van der Waals surface area contributed by atoms with Gasteiger partial charge in [-0.15, -0.1) is 0 Å². The molecule has 1 aromatic rings. The number of halogens is 1. The second kappa shape index (κ2) is 6.99. The van der Waals surface area contributed by atoms with Gasteiger partial charge in [-0.2, -0.15) is 0 Å². The maximum absolute atomic E-state index is 9.61. The summed E-state index contributed by atoms with van der Waals surface area (Å²) >= 11 is 3.38. The lowest BCUT2D eigenvalue weighted by molar-refractivity contribution is 0.0543. The smallest absolute Gasteiger partial charge is 0.126 e. The van der Waals surface area contributed by atoms with Crippen molar-refractivity contribution < 1.29 is 14.6 Å². The summed E-state index contributed by atoms with van der Waals surface area (Å²) in [5.41, 5.74) is 0.790. The molecule has 0 fully saturated rings. The maximum atomic E-state index is 9.61. The number of hydrogen-bond acceptors (Lipinski definition) is 3.